The van der Waals surface area contributed by atoms with Crippen molar-refractivity contribution in [1.82, 2.24) is 0 Å². The molecule has 3 N–H and O–H groups in total. The van der Waals surface area contributed by atoms with Crippen LogP contribution in [0.1, 0.15) is 30.0 Å². The largest absolute Gasteiger partial charge is 0.448 e. The van der Waals surface area contributed by atoms with Gasteiger partial charge in [-0.05, 0) is 59.5 Å². The maximum atomic E-state index is 12.8. The first kappa shape index (κ1) is 36.1. The normalized spacial score (nSPS) is 11.2. The number of benzene rings is 3. The number of nitrogens with one attached hydrogen (secondary N) is 3. The Balaban J connectivity index is 1.69. The Kier molecular flexibility index (Phi) is 14.4. The van der Waals surface area contributed by atoms with Crippen molar-refractivity contribution >= 4 is 53.6 Å². The van der Waals surface area contributed by atoms with Crippen molar-refractivity contribution in [3.8, 4) is 0 Å². The van der Waals surface area contributed by atoms with Crippen LogP contribution in [0.4, 0.5) is 31.4 Å². The number of anilines is 3. The molecule has 0 aliphatic rings. The van der Waals surface area contributed by atoms with Crippen LogP contribution in [0.5, 0.6) is 0 Å². The number of isocyanates is 3. The molecule has 0 fully saturated rings. The minimum Gasteiger partial charge on any atom is -0.448 e. The number of carbonyl (C=O) groups excluding carboxylic acids is 6. The number of aliphatic imine (C=N–C) groups is 3. The lowest BCUT2D eigenvalue weighted by molar-refractivity contribution is -0.0104. The molecule has 15 nitrogen and oxygen atoms in total. The summed E-state index contributed by atoms with van der Waals surface area (Å²) >= 11 is 0. The molecule has 0 unspecified atom stereocenters. The quantitative estimate of drug-likeness (QED) is 0.0990. The van der Waals surface area contributed by atoms with Crippen LogP contribution < -0.4 is 16.0 Å². The maximum Gasteiger partial charge on any atom is 0.411 e. The van der Waals surface area contributed by atoms with Crippen molar-refractivity contribution in [1.29, 1.82) is 0 Å². The summed E-state index contributed by atoms with van der Waals surface area (Å²) in [6, 6.07) is 19.8. The highest BCUT2D eigenvalue weighted by molar-refractivity contribution is 5.86. The molecule has 3 amide bonds. The van der Waals surface area contributed by atoms with E-state index in [1.54, 1.807) is 79.7 Å². The number of hydrogen-bond donors (Lipinski definition) is 3. The van der Waals surface area contributed by atoms with Crippen LogP contribution in [0.25, 0.3) is 0 Å². The molecule has 248 valence electrons. The van der Waals surface area contributed by atoms with Crippen LogP contribution in [0.3, 0.4) is 0 Å². The highest BCUT2D eigenvalue weighted by Gasteiger charge is 2.34. The van der Waals surface area contributed by atoms with E-state index in [4.69, 9.17) is 14.2 Å². The Hall–Kier alpha value is -6.39. The molecule has 0 aliphatic carbocycles. The molecular formula is C33H32N6O9. The number of rotatable bonds is 16. The maximum absolute atomic E-state index is 12.8. The molecule has 0 aromatic heterocycles. The highest BCUT2D eigenvalue weighted by atomic mass is 16.6. The van der Waals surface area contributed by atoms with E-state index < -0.39 is 23.7 Å². The summed E-state index contributed by atoms with van der Waals surface area (Å²) < 4.78 is 16.5. The van der Waals surface area contributed by atoms with Gasteiger partial charge >= 0.3 is 18.3 Å². The lowest BCUT2D eigenvalue weighted by atomic mass is 9.88. The fraction of sp³-hybridized carbons (Fsp3) is 0.273. The van der Waals surface area contributed by atoms with Gasteiger partial charge in [0.2, 0.25) is 18.2 Å². The number of hydrogen-bond acceptors (Lipinski definition) is 12. The first-order chi connectivity index (χ1) is 23.3. The molecule has 48 heavy (non-hydrogen) atoms. The fourth-order valence-electron chi connectivity index (χ4n) is 4.16. The van der Waals surface area contributed by atoms with Gasteiger partial charge < -0.3 is 14.2 Å². The molecule has 3 aromatic carbocycles. The minimum absolute atomic E-state index is 0.0831. The molecule has 0 atom stereocenters. The van der Waals surface area contributed by atoms with E-state index in [2.05, 4.69) is 30.9 Å². The van der Waals surface area contributed by atoms with E-state index >= 15 is 0 Å². The van der Waals surface area contributed by atoms with Gasteiger partial charge in [-0.3, -0.25) is 16.0 Å². The Morgan fingerprint density at radius 1 is 0.583 bits per heavy atom. The summed E-state index contributed by atoms with van der Waals surface area (Å²) in [4.78, 5) is 80.1. The minimum atomic E-state index is -1.17. The van der Waals surface area contributed by atoms with E-state index in [0.717, 1.165) is 0 Å². The van der Waals surface area contributed by atoms with Gasteiger partial charge in [0.25, 0.3) is 0 Å². The number of nitrogens with zero attached hydrogens (tertiary/aromatic N) is 3. The smallest absolute Gasteiger partial charge is 0.411 e. The second-order valence-electron chi connectivity index (χ2n) is 10.3. The van der Waals surface area contributed by atoms with Gasteiger partial charge in [-0.1, -0.05) is 43.3 Å². The van der Waals surface area contributed by atoms with E-state index in [-0.39, 0.29) is 45.9 Å². The molecule has 0 radical (unpaired) electrons. The average molecular weight is 657 g/mol. The van der Waals surface area contributed by atoms with Crippen molar-refractivity contribution in [2.24, 2.45) is 20.4 Å². The van der Waals surface area contributed by atoms with Gasteiger partial charge in [-0.15, -0.1) is 0 Å². The van der Waals surface area contributed by atoms with Crippen LogP contribution >= 0.6 is 0 Å². The van der Waals surface area contributed by atoms with Gasteiger partial charge in [0, 0.05) is 17.1 Å². The standard InChI is InChI=1S/C33H32N6O9/c1-2-33(18-46-30(43)37-27-9-3-6-24(12-27)15-34-21-40,19-47-31(44)38-28-10-4-7-25(13-28)16-35-22-41)20-48-32(45)39-29-11-5-8-26(14-29)17-36-23-42/h3-14H,2,15-20H2,1H3,(H,37,43)(H,38,44)(H,39,45). The molecule has 3 rings (SSSR count). The molecule has 3 aromatic rings. The number of carbonyl (C=O) groups is 3. The second kappa shape index (κ2) is 19.2. The number of ether oxygens (including phenoxy) is 3. The summed E-state index contributed by atoms with van der Waals surface area (Å²) in [6.45, 7) is 1.05. The van der Waals surface area contributed by atoms with Gasteiger partial charge in [0.15, 0.2) is 0 Å². The average Bonchev–Trinajstić information content (AvgIpc) is 3.09. The third-order valence-corrected chi connectivity index (χ3v) is 6.78. The molecule has 0 spiro atoms. The lowest BCUT2D eigenvalue weighted by Crippen LogP contribution is -2.40. The Morgan fingerprint density at radius 2 is 0.896 bits per heavy atom. The predicted molar refractivity (Wildman–Crippen MR) is 172 cm³/mol. The first-order valence-corrected chi connectivity index (χ1v) is 14.5. The summed E-state index contributed by atoms with van der Waals surface area (Å²) in [5, 5.41) is 7.76. The monoisotopic (exact) mass is 656 g/mol. The van der Waals surface area contributed by atoms with Gasteiger partial charge in [0.05, 0.1) is 25.0 Å². The number of amides is 3. The molecule has 0 bridgehead atoms. The topological polar surface area (TPSA) is 203 Å². The van der Waals surface area contributed by atoms with Crippen LogP contribution in [0.15, 0.2) is 87.8 Å². The zero-order valence-corrected chi connectivity index (χ0v) is 25.9. The second-order valence-corrected chi connectivity index (χ2v) is 10.3. The molecular weight excluding hydrogens is 624 g/mol. The summed E-state index contributed by atoms with van der Waals surface area (Å²) in [7, 11) is 0. The summed E-state index contributed by atoms with van der Waals surface area (Å²) in [5.41, 5.74) is 1.94. The zero-order chi connectivity index (χ0) is 34.6. The summed E-state index contributed by atoms with van der Waals surface area (Å²) in [6.07, 6.45) is 2.12. The first-order valence-electron chi connectivity index (χ1n) is 14.5. The lowest BCUT2D eigenvalue weighted by Gasteiger charge is -2.31. The van der Waals surface area contributed by atoms with Crippen molar-refractivity contribution in [2.75, 3.05) is 35.8 Å². The van der Waals surface area contributed by atoms with Crippen molar-refractivity contribution in [3.63, 3.8) is 0 Å². The van der Waals surface area contributed by atoms with Crippen molar-refractivity contribution in [2.45, 2.75) is 33.0 Å². The third kappa shape index (κ3) is 12.5. The molecule has 0 saturated carbocycles. The van der Waals surface area contributed by atoms with Crippen LogP contribution in [-0.2, 0) is 48.2 Å². The van der Waals surface area contributed by atoms with E-state index in [0.29, 0.717) is 33.8 Å². The van der Waals surface area contributed by atoms with Crippen LogP contribution in [-0.4, -0.2) is 56.3 Å². The molecule has 15 heteroatoms. The summed E-state index contributed by atoms with van der Waals surface area (Å²) in [5.74, 6) is 0. The molecule has 0 heterocycles. The van der Waals surface area contributed by atoms with E-state index in [1.807, 2.05) is 0 Å². The van der Waals surface area contributed by atoms with Gasteiger partial charge in [-0.2, -0.15) is 0 Å². The fourth-order valence-corrected chi connectivity index (χ4v) is 4.16. The van der Waals surface area contributed by atoms with E-state index in [1.165, 1.54) is 18.2 Å². The molecule has 0 aliphatic heterocycles. The van der Waals surface area contributed by atoms with E-state index in [9.17, 15) is 28.8 Å². The zero-order valence-electron chi connectivity index (χ0n) is 25.9. The highest BCUT2D eigenvalue weighted by Crippen LogP contribution is 2.26. The SMILES string of the molecule is CCC(COC(=O)Nc1cccc(CN=C=O)c1)(COC(=O)Nc1cccc(CN=C=O)c1)COC(=O)Nc1cccc(CN=C=O)c1. The third-order valence-electron chi connectivity index (χ3n) is 6.78. The predicted octanol–water partition coefficient (Wildman–Crippen LogP) is 5.64. The van der Waals surface area contributed by atoms with Crippen LogP contribution in [0.2, 0.25) is 0 Å². The Morgan fingerprint density at radius 3 is 1.17 bits per heavy atom. The van der Waals surface area contributed by atoms with Crippen molar-refractivity contribution in [3.05, 3.63) is 89.5 Å². The van der Waals surface area contributed by atoms with Crippen LogP contribution in [0, 0.1) is 5.41 Å². The van der Waals surface area contributed by atoms with Crippen molar-refractivity contribution < 1.29 is 43.0 Å². The van der Waals surface area contributed by atoms with Gasteiger partial charge in [-0.25, -0.2) is 43.7 Å². The van der Waals surface area contributed by atoms with Gasteiger partial charge in [0.1, 0.15) is 19.8 Å². The Labute approximate surface area is 275 Å². The Bertz CT molecular complexity index is 1530. The molecule has 0 saturated heterocycles.